The van der Waals surface area contributed by atoms with E-state index in [0.29, 0.717) is 0 Å². The number of hydrogen-bond donors (Lipinski definition) is 2. The van der Waals surface area contributed by atoms with Gasteiger partial charge in [-0.25, -0.2) is 0 Å². The summed E-state index contributed by atoms with van der Waals surface area (Å²) in [7, 11) is 0. The Morgan fingerprint density at radius 1 is 1.55 bits per heavy atom. The van der Waals surface area contributed by atoms with E-state index in [-0.39, 0.29) is 11.8 Å². The molecule has 0 aliphatic carbocycles. The summed E-state index contributed by atoms with van der Waals surface area (Å²) in [6.07, 6.45) is 0.892. The molecule has 0 saturated heterocycles. The molecular formula is C9H13NO. The molecule has 0 amide bonds. The van der Waals surface area contributed by atoms with Crippen molar-refractivity contribution in [3.63, 3.8) is 0 Å². The molecule has 0 aliphatic heterocycles. The van der Waals surface area contributed by atoms with Crippen LogP contribution in [-0.4, -0.2) is 5.11 Å². The van der Waals surface area contributed by atoms with Gasteiger partial charge in [0.1, 0.15) is 5.75 Å². The summed E-state index contributed by atoms with van der Waals surface area (Å²) in [4.78, 5) is 0. The lowest BCUT2D eigenvalue weighted by Gasteiger charge is -2.08. The van der Waals surface area contributed by atoms with E-state index in [1.54, 1.807) is 18.2 Å². The lowest BCUT2D eigenvalue weighted by molar-refractivity contribution is 0.473. The molecule has 0 spiro atoms. The van der Waals surface area contributed by atoms with Gasteiger partial charge in [0.2, 0.25) is 0 Å². The van der Waals surface area contributed by atoms with E-state index in [2.05, 4.69) is 0 Å². The molecule has 60 valence electrons. The van der Waals surface area contributed by atoms with E-state index in [0.717, 1.165) is 12.0 Å². The molecule has 1 rings (SSSR count). The quantitative estimate of drug-likeness (QED) is 0.677. The second-order valence-corrected chi connectivity index (χ2v) is 2.61. The Hall–Kier alpha value is -1.02. The molecule has 0 unspecified atom stereocenters. The number of nitrogens with two attached hydrogens (primary N) is 1. The Labute approximate surface area is 66.7 Å². The van der Waals surface area contributed by atoms with Gasteiger partial charge < -0.3 is 10.8 Å². The van der Waals surface area contributed by atoms with Gasteiger partial charge in [-0.05, 0) is 24.1 Å². The number of rotatable bonds is 2. The highest BCUT2D eigenvalue weighted by molar-refractivity contribution is 5.28. The van der Waals surface area contributed by atoms with Crippen LogP contribution < -0.4 is 5.73 Å². The Bertz CT molecular complexity index is 235. The van der Waals surface area contributed by atoms with Gasteiger partial charge in [-0.2, -0.15) is 0 Å². The van der Waals surface area contributed by atoms with Crippen LogP contribution in [0.5, 0.6) is 5.75 Å². The zero-order valence-corrected chi connectivity index (χ0v) is 6.62. The van der Waals surface area contributed by atoms with Crippen LogP contribution >= 0.6 is 0 Å². The highest BCUT2D eigenvalue weighted by Crippen LogP contribution is 2.17. The fourth-order valence-electron chi connectivity index (χ4n) is 0.991. The average Bonchev–Trinajstić information content (AvgIpc) is 2.03. The van der Waals surface area contributed by atoms with Crippen molar-refractivity contribution in [3.8, 4) is 5.75 Å². The second kappa shape index (κ2) is 3.39. The standard InChI is InChI=1S/C9H13NO/c1-2-9(10)7-4-3-5-8(11)6-7/h3-6,9,11H,2,10H2,1H3/t9-/m1/s1. The minimum Gasteiger partial charge on any atom is -0.508 e. The summed E-state index contributed by atoms with van der Waals surface area (Å²) in [6.45, 7) is 2.02. The molecule has 0 radical (unpaired) electrons. The number of hydrogen-bond acceptors (Lipinski definition) is 2. The van der Waals surface area contributed by atoms with Gasteiger partial charge in [0.05, 0.1) is 0 Å². The fourth-order valence-corrected chi connectivity index (χ4v) is 0.991. The maximum Gasteiger partial charge on any atom is 0.115 e. The van der Waals surface area contributed by atoms with Crippen LogP contribution in [0.25, 0.3) is 0 Å². The zero-order chi connectivity index (χ0) is 8.27. The molecule has 1 atom stereocenters. The minimum atomic E-state index is 0.0436. The van der Waals surface area contributed by atoms with Crippen molar-refractivity contribution in [1.29, 1.82) is 0 Å². The second-order valence-electron chi connectivity index (χ2n) is 2.61. The number of phenolic OH excluding ortho intramolecular Hbond substituents is 1. The molecule has 0 fully saturated rings. The van der Waals surface area contributed by atoms with Crippen LogP contribution in [0.2, 0.25) is 0 Å². The van der Waals surface area contributed by atoms with Gasteiger partial charge >= 0.3 is 0 Å². The largest absolute Gasteiger partial charge is 0.508 e. The molecule has 0 heterocycles. The van der Waals surface area contributed by atoms with E-state index in [4.69, 9.17) is 10.8 Å². The topological polar surface area (TPSA) is 46.2 Å². The lowest BCUT2D eigenvalue weighted by Crippen LogP contribution is -2.07. The van der Waals surface area contributed by atoms with Crippen molar-refractivity contribution in [1.82, 2.24) is 0 Å². The Morgan fingerprint density at radius 2 is 2.27 bits per heavy atom. The Morgan fingerprint density at radius 3 is 2.82 bits per heavy atom. The maximum absolute atomic E-state index is 9.10. The first kappa shape index (κ1) is 8.08. The van der Waals surface area contributed by atoms with Gasteiger partial charge in [0.25, 0.3) is 0 Å². The smallest absolute Gasteiger partial charge is 0.115 e. The van der Waals surface area contributed by atoms with Gasteiger partial charge in [-0.3, -0.25) is 0 Å². The van der Waals surface area contributed by atoms with Crippen molar-refractivity contribution in [2.24, 2.45) is 5.73 Å². The van der Waals surface area contributed by atoms with Gasteiger partial charge in [-0.1, -0.05) is 19.1 Å². The monoisotopic (exact) mass is 151 g/mol. The van der Waals surface area contributed by atoms with E-state index in [1.807, 2.05) is 13.0 Å². The van der Waals surface area contributed by atoms with Gasteiger partial charge in [-0.15, -0.1) is 0 Å². The van der Waals surface area contributed by atoms with Crippen molar-refractivity contribution in [2.75, 3.05) is 0 Å². The Balaban J connectivity index is 2.86. The van der Waals surface area contributed by atoms with Crippen LogP contribution in [0.1, 0.15) is 24.9 Å². The maximum atomic E-state index is 9.10. The number of aromatic hydroxyl groups is 1. The SMILES string of the molecule is CC[C@@H](N)c1cccc(O)c1. The van der Waals surface area contributed by atoms with E-state index < -0.39 is 0 Å². The first-order valence-electron chi connectivity index (χ1n) is 3.78. The molecular weight excluding hydrogens is 138 g/mol. The van der Waals surface area contributed by atoms with Crippen LogP contribution in [0.3, 0.4) is 0 Å². The van der Waals surface area contributed by atoms with Crippen molar-refractivity contribution in [3.05, 3.63) is 29.8 Å². The third kappa shape index (κ3) is 1.95. The van der Waals surface area contributed by atoms with Crippen molar-refractivity contribution in [2.45, 2.75) is 19.4 Å². The van der Waals surface area contributed by atoms with Crippen molar-refractivity contribution >= 4 is 0 Å². The first-order valence-corrected chi connectivity index (χ1v) is 3.78. The minimum absolute atomic E-state index is 0.0436. The van der Waals surface area contributed by atoms with Gasteiger partial charge in [0.15, 0.2) is 0 Å². The summed E-state index contributed by atoms with van der Waals surface area (Å²) in [5.41, 5.74) is 6.75. The Kier molecular flexibility index (Phi) is 2.49. The number of benzene rings is 1. The molecule has 2 nitrogen and oxygen atoms in total. The highest BCUT2D eigenvalue weighted by atomic mass is 16.3. The normalized spacial score (nSPS) is 12.9. The third-order valence-electron chi connectivity index (χ3n) is 1.74. The summed E-state index contributed by atoms with van der Waals surface area (Å²) >= 11 is 0. The summed E-state index contributed by atoms with van der Waals surface area (Å²) in [6, 6.07) is 7.12. The molecule has 0 bridgehead atoms. The van der Waals surface area contributed by atoms with Crippen LogP contribution in [0.15, 0.2) is 24.3 Å². The fraction of sp³-hybridized carbons (Fsp3) is 0.333. The third-order valence-corrected chi connectivity index (χ3v) is 1.74. The molecule has 1 aromatic carbocycles. The summed E-state index contributed by atoms with van der Waals surface area (Å²) in [5.74, 6) is 0.284. The van der Waals surface area contributed by atoms with E-state index >= 15 is 0 Å². The molecule has 0 aromatic heterocycles. The van der Waals surface area contributed by atoms with E-state index in [1.165, 1.54) is 0 Å². The summed E-state index contributed by atoms with van der Waals surface area (Å²) in [5, 5.41) is 9.10. The van der Waals surface area contributed by atoms with Crippen LogP contribution in [0, 0.1) is 0 Å². The highest BCUT2D eigenvalue weighted by Gasteiger charge is 2.01. The molecule has 0 aliphatic rings. The predicted molar refractivity (Wildman–Crippen MR) is 45.3 cm³/mol. The molecule has 0 saturated carbocycles. The summed E-state index contributed by atoms with van der Waals surface area (Å²) < 4.78 is 0. The van der Waals surface area contributed by atoms with E-state index in [9.17, 15) is 0 Å². The van der Waals surface area contributed by atoms with Crippen LogP contribution in [0.4, 0.5) is 0 Å². The predicted octanol–water partition coefficient (Wildman–Crippen LogP) is 1.80. The molecule has 1 aromatic rings. The molecule has 3 N–H and O–H groups in total. The van der Waals surface area contributed by atoms with Crippen LogP contribution in [-0.2, 0) is 0 Å². The molecule has 11 heavy (non-hydrogen) atoms. The first-order chi connectivity index (χ1) is 5.24. The van der Waals surface area contributed by atoms with Crippen molar-refractivity contribution < 1.29 is 5.11 Å². The average molecular weight is 151 g/mol. The zero-order valence-electron chi connectivity index (χ0n) is 6.62. The number of phenols is 1. The van der Waals surface area contributed by atoms with Gasteiger partial charge in [0, 0.05) is 6.04 Å². The molecule has 2 heteroatoms. The lowest BCUT2D eigenvalue weighted by atomic mass is 10.1.